The van der Waals surface area contributed by atoms with Crippen molar-refractivity contribution in [3.05, 3.63) is 101 Å². The summed E-state index contributed by atoms with van der Waals surface area (Å²) in [5.41, 5.74) is 7.32. The number of nitrogens with zero attached hydrogens (tertiary/aromatic N) is 4. The summed E-state index contributed by atoms with van der Waals surface area (Å²) in [6.45, 7) is 1.15. The molecule has 33 heavy (non-hydrogen) atoms. The van der Waals surface area contributed by atoms with Crippen molar-refractivity contribution < 1.29 is 4.79 Å². The highest BCUT2D eigenvalue weighted by atomic mass is 35.5. The number of rotatable bonds is 3. The maximum absolute atomic E-state index is 13.4. The Morgan fingerprint density at radius 3 is 2.64 bits per heavy atom. The molecule has 3 aromatic heterocycles. The van der Waals surface area contributed by atoms with Gasteiger partial charge in [-0.25, -0.2) is 4.98 Å². The number of imidazole rings is 1. The van der Waals surface area contributed by atoms with E-state index in [0.717, 1.165) is 45.8 Å². The van der Waals surface area contributed by atoms with E-state index >= 15 is 0 Å². The van der Waals surface area contributed by atoms with Crippen LogP contribution in [-0.4, -0.2) is 36.9 Å². The molecule has 1 amide bonds. The van der Waals surface area contributed by atoms with Gasteiger partial charge in [0.05, 0.1) is 11.4 Å². The predicted molar refractivity (Wildman–Crippen MR) is 128 cm³/mol. The summed E-state index contributed by atoms with van der Waals surface area (Å²) in [7, 11) is 0. The van der Waals surface area contributed by atoms with Gasteiger partial charge in [-0.15, -0.1) is 0 Å². The first-order valence-electron chi connectivity index (χ1n) is 10.8. The molecule has 0 atom stereocenters. The normalized spacial score (nSPS) is 13.3. The molecule has 0 saturated heterocycles. The Balaban J connectivity index is 1.28. The van der Waals surface area contributed by atoms with E-state index in [2.05, 4.69) is 10.2 Å². The van der Waals surface area contributed by atoms with Gasteiger partial charge in [-0.1, -0.05) is 54.1 Å². The third-order valence-corrected chi connectivity index (χ3v) is 6.37. The topological polar surface area (TPSA) is 66.3 Å². The molecule has 0 bridgehead atoms. The number of nitrogens with one attached hydrogen (secondary N) is 1. The highest BCUT2D eigenvalue weighted by Crippen LogP contribution is 2.30. The molecule has 0 saturated carbocycles. The van der Waals surface area contributed by atoms with E-state index in [4.69, 9.17) is 16.6 Å². The van der Waals surface area contributed by atoms with Crippen molar-refractivity contribution in [2.45, 2.75) is 13.0 Å². The zero-order chi connectivity index (χ0) is 22.4. The van der Waals surface area contributed by atoms with Gasteiger partial charge in [-0.3, -0.25) is 9.89 Å². The van der Waals surface area contributed by atoms with Crippen LogP contribution >= 0.6 is 11.6 Å². The molecule has 6 nitrogen and oxygen atoms in total. The van der Waals surface area contributed by atoms with Gasteiger partial charge in [0.25, 0.3) is 5.91 Å². The Bertz CT molecular complexity index is 1470. The Morgan fingerprint density at radius 2 is 1.82 bits per heavy atom. The van der Waals surface area contributed by atoms with Crippen LogP contribution in [0.4, 0.5) is 0 Å². The molecule has 0 aliphatic carbocycles. The van der Waals surface area contributed by atoms with E-state index in [1.165, 1.54) is 0 Å². The molecule has 0 radical (unpaired) electrons. The highest BCUT2D eigenvalue weighted by Gasteiger charge is 2.26. The van der Waals surface area contributed by atoms with E-state index in [1.807, 2.05) is 88.4 Å². The number of hydrogen-bond acceptors (Lipinski definition) is 3. The van der Waals surface area contributed by atoms with Gasteiger partial charge in [-0.05, 0) is 24.3 Å². The molecule has 4 heterocycles. The number of carbonyl (C=O) groups is 1. The van der Waals surface area contributed by atoms with Crippen molar-refractivity contribution in [2.75, 3.05) is 6.54 Å². The van der Waals surface area contributed by atoms with Gasteiger partial charge in [0, 0.05) is 64.9 Å². The van der Waals surface area contributed by atoms with Gasteiger partial charge in [0.1, 0.15) is 5.65 Å². The molecule has 162 valence electrons. The minimum absolute atomic E-state index is 0.00401. The van der Waals surface area contributed by atoms with Crippen LogP contribution < -0.4 is 0 Å². The van der Waals surface area contributed by atoms with E-state index in [9.17, 15) is 4.79 Å². The van der Waals surface area contributed by atoms with Crippen molar-refractivity contribution in [1.29, 1.82) is 0 Å². The van der Waals surface area contributed by atoms with Crippen LogP contribution in [0.5, 0.6) is 0 Å². The molecular formula is C26H20ClN5O. The molecule has 0 fully saturated rings. The van der Waals surface area contributed by atoms with Crippen LogP contribution in [0.25, 0.3) is 28.2 Å². The van der Waals surface area contributed by atoms with Crippen LogP contribution in [0, 0.1) is 0 Å². The molecule has 5 aromatic rings. The van der Waals surface area contributed by atoms with Gasteiger partial charge < -0.3 is 9.30 Å². The number of benzene rings is 2. The fourth-order valence-corrected chi connectivity index (χ4v) is 4.49. The summed E-state index contributed by atoms with van der Waals surface area (Å²) in [4.78, 5) is 20.0. The lowest BCUT2D eigenvalue weighted by atomic mass is 10.0. The Labute approximate surface area is 195 Å². The Kier molecular flexibility index (Phi) is 4.73. The van der Waals surface area contributed by atoms with Crippen molar-refractivity contribution in [3.63, 3.8) is 0 Å². The number of halogens is 1. The lowest BCUT2D eigenvalue weighted by molar-refractivity contribution is 0.0734. The number of hydrogen-bond donors (Lipinski definition) is 1. The standard InChI is InChI=1S/C26H20ClN5O/c27-20-8-6-18(7-9-20)25-21-15-32(13-11-22(21)29-30-25)26(33)19-10-12-31-16-23(28-24(31)14-19)17-4-2-1-3-5-17/h1-10,12,14,16H,11,13,15H2,(H,29,30). The average molecular weight is 454 g/mol. The molecule has 1 N–H and O–H groups in total. The summed E-state index contributed by atoms with van der Waals surface area (Å²) in [5, 5.41) is 8.35. The van der Waals surface area contributed by atoms with Crippen molar-refractivity contribution >= 4 is 23.2 Å². The average Bonchev–Trinajstić information content (AvgIpc) is 3.48. The molecular weight excluding hydrogens is 434 g/mol. The molecule has 2 aromatic carbocycles. The highest BCUT2D eigenvalue weighted by molar-refractivity contribution is 6.30. The molecule has 0 spiro atoms. The van der Waals surface area contributed by atoms with Crippen molar-refractivity contribution in [1.82, 2.24) is 24.5 Å². The third kappa shape index (κ3) is 3.58. The molecule has 1 aliphatic rings. The fourth-order valence-electron chi connectivity index (χ4n) is 4.36. The van der Waals surface area contributed by atoms with E-state index < -0.39 is 0 Å². The van der Waals surface area contributed by atoms with Crippen LogP contribution in [0.2, 0.25) is 5.02 Å². The zero-order valence-corrected chi connectivity index (χ0v) is 18.5. The van der Waals surface area contributed by atoms with E-state index in [-0.39, 0.29) is 5.91 Å². The number of aromatic nitrogens is 4. The summed E-state index contributed by atoms with van der Waals surface area (Å²) in [6, 6.07) is 21.4. The monoisotopic (exact) mass is 453 g/mol. The SMILES string of the molecule is O=C(c1ccn2cc(-c3ccccc3)nc2c1)N1CCc2[nH]nc(-c3ccc(Cl)cc3)c2C1. The van der Waals surface area contributed by atoms with E-state index in [0.29, 0.717) is 23.7 Å². The molecule has 6 rings (SSSR count). The first-order chi connectivity index (χ1) is 16.2. The first-order valence-corrected chi connectivity index (χ1v) is 11.2. The summed E-state index contributed by atoms with van der Waals surface area (Å²) in [6.07, 6.45) is 4.62. The molecule has 1 aliphatic heterocycles. The predicted octanol–water partition coefficient (Wildman–Crippen LogP) is 5.24. The van der Waals surface area contributed by atoms with Crippen molar-refractivity contribution in [3.8, 4) is 22.5 Å². The minimum Gasteiger partial charge on any atom is -0.334 e. The maximum atomic E-state index is 13.4. The zero-order valence-electron chi connectivity index (χ0n) is 17.7. The van der Waals surface area contributed by atoms with Crippen LogP contribution in [0.3, 0.4) is 0 Å². The molecule has 0 unspecified atom stereocenters. The third-order valence-electron chi connectivity index (χ3n) is 6.12. The van der Waals surface area contributed by atoms with Gasteiger partial charge in [-0.2, -0.15) is 5.10 Å². The number of amides is 1. The van der Waals surface area contributed by atoms with Crippen LogP contribution in [-0.2, 0) is 13.0 Å². The van der Waals surface area contributed by atoms with E-state index in [1.54, 1.807) is 0 Å². The Hall–Kier alpha value is -3.90. The maximum Gasteiger partial charge on any atom is 0.254 e. The van der Waals surface area contributed by atoms with Crippen molar-refractivity contribution in [2.24, 2.45) is 0 Å². The number of pyridine rings is 1. The minimum atomic E-state index is -0.00401. The Morgan fingerprint density at radius 1 is 1.00 bits per heavy atom. The number of H-pyrrole nitrogens is 1. The second kappa shape index (κ2) is 7.90. The largest absolute Gasteiger partial charge is 0.334 e. The van der Waals surface area contributed by atoms with Crippen LogP contribution in [0.1, 0.15) is 21.6 Å². The fraction of sp³-hybridized carbons (Fsp3) is 0.115. The van der Waals surface area contributed by atoms with Gasteiger partial charge in [0.2, 0.25) is 0 Å². The summed E-state index contributed by atoms with van der Waals surface area (Å²) in [5.74, 6) is -0.00401. The number of carbonyl (C=O) groups excluding carboxylic acids is 1. The van der Waals surface area contributed by atoms with Gasteiger partial charge >= 0.3 is 0 Å². The lowest BCUT2D eigenvalue weighted by Crippen LogP contribution is -2.36. The molecule has 7 heteroatoms. The lowest BCUT2D eigenvalue weighted by Gasteiger charge is -2.27. The number of aromatic amines is 1. The first kappa shape index (κ1) is 19.8. The summed E-state index contributed by atoms with van der Waals surface area (Å²) >= 11 is 6.04. The van der Waals surface area contributed by atoms with Crippen LogP contribution in [0.15, 0.2) is 79.1 Å². The quantitative estimate of drug-likeness (QED) is 0.406. The second-order valence-corrected chi connectivity index (χ2v) is 8.62. The summed E-state index contributed by atoms with van der Waals surface area (Å²) < 4.78 is 1.95. The number of fused-ring (bicyclic) bond motifs is 2. The van der Waals surface area contributed by atoms with Gasteiger partial charge in [0.15, 0.2) is 0 Å². The smallest absolute Gasteiger partial charge is 0.254 e. The second-order valence-electron chi connectivity index (χ2n) is 8.19.